The van der Waals surface area contributed by atoms with Crippen molar-refractivity contribution in [1.29, 1.82) is 0 Å². The minimum atomic E-state index is -0.274. The number of hydrogen-bond acceptors (Lipinski definition) is 2. The van der Waals surface area contributed by atoms with Crippen LogP contribution in [0.4, 0.5) is 4.39 Å². The van der Waals surface area contributed by atoms with Gasteiger partial charge in [0.05, 0.1) is 6.61 Å². The molecule has 0 radical (unpaired) electrons. The minimum absolute atomic E-state index is 0.274. The molecule has 3 heteroatoms. The number of rotatable bonds is 7. The molecule has 1 aromatic rings. The van der Waals surface area contributed by atoms with Crippen molar-refractivity contribution in [3.05, 3.63) is 29.6 Å². The van der Waals surface area contributed by atoms with Gasteiger partial charge in [-0.25, -0.2) is 4.39 Å². The predicted octanol–water partition coefficient (Wildman–Crippen LogP) is 3.36. The Balaban J connectivity index is 2.56. The summed E-state index contributed by atoms with van der Waals surface area (Å²) < 4.78 is 19.1. The van der Waals surface area contributed by atoms with Crippen LogP contribution in [-0.4, -0.2) is 13.2 Å². The molecule has 0 amide bonds. The predicted molar refractivity (Wildman–Crippen MR) is 68.7 cm³/mol. The Kier molecular flexibility index (Phi) is 5.98. The molecule has 2 nitrogen and oxygen atoms in total. The topological polar surface area (TPSA) is 21.3 Å². The molecule has 1 aromatic carbocycles. The first kappa shape index (κ1) is 14.0. The number of benzene rings is 1. The van der Waals surface area contributed by atoms with Crippen molar-refractivity contribution in [3.8, 4) is 5.75 Å². The summed E-state index contributed by atoms with van der Waals surface area (Å²) in [7, 11) is 0. The van der Waals surface area contributed by atoms with Gasteiger partial charge in [0.15, 0.2) is 11.6 Å². The van der Waals surface area contributed by atoms with Gasteiger partial charge in [-0.1, -0.05) is 33.3 Å². The van der Waals surface area contributed by atoms with Crippen molar-refractivity contribution in [2.24, 2.45) is 5.92 Å². The number of nitrogens with one attached hydrogen (secondary N) is 1. The van der Waals surface area contributed by atoms with Crippen LogP contribution >= 0.6 is 0 Å². The highest BCUT2D eigenvalue weighted by Gasteiger charge is 2.06. The first-order valence-corrected chi connectivity index (χ1v) is 6.29. The largest absolute Gasteiger partial charge is 0.490 e. The van der Waals surface area contributed by atoms with E-state index in [0.717, 1.165) is 18.5 Å². The lowest BCUT2D eigenvalue weighted by atomic mass is 10.1. The van der Waals surface area contributed by atoms with Gasteiger partial charge in [0.1, 0.15) is 0 Å². The molecule has 96 valence electrons. The van der Waals surface area contributed by atoms with Gasteiger partial charge in [-0.3, -0.25) is 0 Å². The van der Waals surface area contributed by atoms with Gasteiger partial charge < -0.3 is 10.1 Å². The van der Waals surface area contributed by atoms with Gasteiger partial charge in [0.2, 0.25) is 0 Å². The van der Waals surface area contributed by atoms with E-state index >= 15 is 0 Å². The molecule has 0 spiro atoms. The van der Waals surface area contributed by atoms with Crippen LogP contribution in [0.2, 0.25) is 0 Å². The fraction of sp³-hybridized carbons (Fsp3) is 0.571. The molecule has 0 aromatic heterocycles. The van der Waals surface area contributed by atoms with E-state index in [1.807, 2.05) is 13.0 Å². The molecule has 0 aliphatic carbocycles. The van der Waals surface area contributed by atoms with E-state index in [4.69, 9.17) is 4.74 Å². The zero-order valence-electron chi connectivity index (χ0n) is 10.9. The molecule has 0 aliphatic heterocycles. The molecular formula is C14H22FNO. The van der Waals surface area contributed by atoms with E-state index in [0.29, 0.717) is 24.8 Å². The Morgan fingerprint density at radius 2 is 2.12 bits per heavy atom. The molecule has 0 bridgehead atoms. The molecule has 0 saturated heterocycles. The van der Waals surface area contributed by atoms with Crippen LogP contribution in [0.15, 0.2) is 18.2 Å². The van der Waals surface area contributed by atoms with Crippen LogP contribution < -0.4 is 10.1 Å². The van der Waals surface area contributed by atoms with Crippen molar-refractivity contribution < 1.29 is 9.13 Å². The lowest BCUT2D eigenvalue weighted by Gasteiger charge is -2.12. The maximum atomic E-state index is 13.7. The van der Waals surface area contributed by atoms with Gasteiger partial charge in [0.25, 0.3) is 0 Å². The van der Waals surface area contributed by atoms with Gasteiger partial charge in [-0.2, -0.15) is 0 Å². The third-order valence-corrected chi connectivity index (χ3v) is 2.80. The lowest BCUT2D eigenvalue weighted by Crippen LogP contribution is -2.12. The Labute approximate surface area is 103 Å². The molecule has 1 atom stereocenters. The Hall–Kier alpha value is -1.09. The second-order valence-electron chi connectivity index (χ2n) is 4.37. The summed E-state index contributed by atoms with van der Waals surface area (Å²) in [6.07, 6.45) is 1.04. The van der Waals surface area contributed by atoms with E-state index in [2.05, 4.69) is 19.2 Å². The maximum Gasteiger partial charge on any atom is 0.165 e. The fourth-order valence-electron chi connectivity index (χ4n) is 1.39. The number of hydrogen-bond donors (Lipinski definition) is 1. The Morgan fingerprint density at radius 1 is 1.35 bits per heavy atom. The van der Waals surface area contributed by atoms with E-state index in [-0.39, 0.29) is 5.82 Å². The second kappa shape index (κ2) is 7.28. The van der Waals surface area contributed by atoms with Crippen LogP contribution in [0, 0.1) is 11.7 Å². The van der Waals surface area contributed by atoms with Crippen LogP contribution in [0.5, 0.6) is 5.75 Å². The smallest absolute Gasteiger partial charge is 0.165 e. The van der Waals surface area contributed by atoms with Gasteiger partial charge in [-0.05, 0) is 30.2 Å². The maximum absolute atomic E-state index is 13.7. The third kappa shape index (κ3) is 4.73. The van der Waals surface area contributed by atoms with Gasteiger partial charge >= 0.3 is 0 Å². The summed E-state index contributed by atoms with van der Waals surface area (Å²) in [5, 5.41) is 3.16. The Morgan fingerprint density at radius 3 is 2.71 bits per heavy atom. The normalized spacial score (nSPS) is 12.5. The molecule has 0 aliphatic rings. The van der Waals surface area contributed by atoms with Crippen LogP contribution in [-0.2, 0) is 6.54 Å². The molecule has 0 fully saturated rings. The molecule has 0 heterocycles. The summed E-state index contributed by atoms with van der Waals surface area (Å²) in [6.45, 7) is 8.37. The lowest BCUT2D eigenvalue weighted by molar-refractivity contribution is 0.246. The highest BCUT2D eigenvalue weighted by Crippen LogP contribution is 2.19. The molecule has 1 rings (SSSR count). The quantitative estimate of drug-likeness (QED) is 0.787. The van der Waals surface area contributed by atoms with Gasteiger partial charge in [-0.15, -0.1) is 0 Å². The monoisotopic (exact) mass is 239 g/mol. The average molecular weight is 239 g/mol. The standard InChI is InChI=1S/C14H22FNO/c1-4-11(3)10-17-14-7-6-12(8-13(14)15)9-16-5-2/h6-8,11,16H,4-5,9-10H2,1-3H3. The van der Waals surface area contributed by atoms with Crippen molar-refractivity contribution in [2.45, 2.75) is 33.7 Å². The van der Waals surface area contributed by atoms with Crippen LogP contribution in [0.25, 0.3) is 0 Å². The zero-order valence-corrected chi connectivity index (χ0v) is 10.9. The van der Waals surface area contributed by atoms with Crippen LogP contribution in [0.1, 0.15) is 32.8 Å². The van der Waals surface area contributed by atoms with E-state index in [1.165, 1.54) is 6.07 Å². The van der Waals surface area contributed by atoms with E-state index in [9.17, 15) is 4.39 Å². The van der Waals surface area contributed by atoms with E-state index in [1.54, 1.807) is 6.07 Å². The molecule has 1 N–H and O–H groups in total. The summed E-state index contributed by atoms with van der Waals surface area (Å²) in [4.78, 5) is 0. The summed E-state index contributed by atoms with van der Waals surface area (Å²) in [5.41, 5.74) is 0.945. The third-order valence-electron chi connectivity index (χ3n) is 2.80. The number of ether oxygens (including phenoxy) is 1. The average Bonchev–Trinajstić information content (AvgIpc) is 2.34. The number of halogens is 1. The van der Waals surface area contributed by atoms with Crippen molar-refractivity contribution in [3.63, 3.8) is 0 Å². The minimum Gasteiger partial charge on any atom is -0.490 e. The first-order valence-electron chi connectivity index (χ1n) is 6.29. The fourth-order valence-corrected chi connectivity index (χ4v) is 1.39. The van der Waals surface area contributed by atoms with Crippen LogP contribution in [0.3, 0.4) is 0 Å². The molecule has 1 unspecified atom stereocenters. The van der Waals surface area contributed by atoms with E-state index < -0.39 is 0 Å². The Bertz CT molecular complexity index is 341. The highest BCUT2D eigenvalue weighted by molar-refractivity contribution is 5.29. The first-order chi connectivity index (χ1) is 8.17. The summed E-state index contributed by atoms with van der Waals surface area (Å²) in [5.74, 6) is 0.532. The SMILES string of the molecule is CCNCc1ccc(OCC(C)CC)c(F)c1. The van der Waals surface area contributed by atoms with Crippen molar-refractivity contribution in [1.82, 2.24) is 5.32 Å². The van der Waals surface area contributed by atoms with Crippen molar-refractivity contribution >= 4 is 0 Å². The van der Waals surface area contributed by atoms with Crippen molar-refractivity contribution in [2.75, 3.05) is 13.2 Å². The van der Waals surface area contributed by atoms with Gasteiger partial charge in [0, 0.05) is 6.54 Å². The molecule has 0 saturated carbocycles. The summed E-state index contributed by atoms with van der Waals surface area (Å²) >= 11 is 0. The zero-order chi connectivity index (χ0) is 12.7. The molecular weight excluding hydrogens is 217 g/mol. The summed E-state index contributed by atoms with van der Waals surface area (Å²) in [6, 6.07) is 5.15. The molecule has 17 heavy (non-hydrogen) atoms. The highest BCUT2D eigenvalue weighted by atomic mass is 19.1. The second-order valence-corrected chi connectivity index (χ2v) is 4.37.